The van der Waals surface area contributed by atoms with Crippen LogP contribution in [0.3, 0.4) is 0 Å². The van der Waals surface area contributed by atoms with Gasteiger partial charge in [-0.3, -0.25) is 4.79 Å². The van der Waals surface area contributed by atoms with Gasteiger partial charge in [-0.2, -0.15) is 0 Å². The molecule has 0 aromatic heterocycles. The summed E-state index contributed by atoms with van der Waals surface area (Å²) >= 11 is 6.22. The maximum atomic E-state index is 12.6. The van der Waals surface area contributed by atoms with Gasteiger partial charge in [0.25, 0.3) is 0 Å². The molecule has 0 aliphatic carbocycles. The predicted molar refractivity (Wildman–Crippen MR) is 96.0 cm³/mol. The Labute approximate surface area is 151 Å². The van der Waals surface area contributed by atoms with Crippen molar-refractivity contribution in [3.8, 4) is 11.5 Å². The van der Waals surface area contributed by atoms with Gasteiger partial charge in [-0.05, 0) is 42.8 Å². The zero-order chi connectivity index (χ0) is 18.0. The van der Waals surface area contributed by atoms with E-state index in [2.05, 4.69) is 0 Å². The fourth-order valence-electron chi connectivity index (χ4n) is 2.78. The molecule has 3 rings (SSSR count). The molecule has 0 unspecified atom stereocenters. The first-order chi connectivity index (χ1) is 12.0. The number of hydrogen-bond acceptors (Lipinski definition) is 5. The van der Waals surface area contributed by atoms with Crippen molar-refractivity contribution < 1.29 is 19.1 Å². The Hall–Kier alpha value is -2.53. The lowest BCUT2D eigenvalue weighted by atomic mass is 10.0. The number of carbonyl (C=O) groups is 2. The zero-order valence-corrected chi connectivity index (χ0v) is 14.8. The average molecular weight is 360 g/mol. The summed E-state index contributed by atoms with van der Waals surface area (Å²) < 4.78 is 10.4. The van der Waals surface area contributed by atoms with Crippen LogP contribution in [0.5, 0.6) is 11.5 Å². The van der Waals surface area contributed by atoms with Crippen molar-refractivity contribution in [2.24, 2.45) is 0 Å². The molecule has 1 aliphatic rings. The molecule has 0 atom stereocenters. The summed E-state index contributed by atoms with van der Waals surface area (Å²) in [5, 5.41) is 0.495. The summed E-state index contributed by atoms with van der Waals surface area (Å²) in [4.78, 5) is 26.1. The first-order valence-electron chi connectivity index (χ1n) is 7.97. The van der Waals surface area contributed by atoms with E-state index in [0.717, 1.165) is 11.3 Å². The Morgan fingerprint density at radius 3 is 2.76 bits per heavy atom. The van der Waals surface area contributed by atoms with Crippen LogP contribution in [-0.4, -0.2) is 32.0 Å². The summed E-state index contributed by atoms with van der Waals surface area (Å²) in [5.74, 6) is 0.786. The molecule has 0 saturated heterocycles. The van der Waals surface area contributed by atoms with Crippen LogP contribution in [0.15, 0.2) is 36.4 Å². The van der Waals surface area contributed by atoms with Crippen molar-refractivity contribution in [3.63, 3.8) is 0 Å². The lowest BCUT2D eigenvalue weighted by Gasteiger charge is -2.28. The van der Waals surface area contributed by atoms with Gasteiger partial charge in [0, 0.05) is 23.6 Å². The Morgan fingerprint density at radius 1 is 1.28 bits per heavy atom. The fourth-order valence-corrected chi connectivity index (χ4v) is 3.01. The first-order valence-corrected chi connectivity index (χ1v) is 8.35. The maximum absolute atomic E-state index is 12.6. The molecule has 0 fully saturated rings. The van der Waals surface area contributed by atoms with Crippen molar-refractivity contribution in [2.45, 2.75) is 13.3 Å². The van der Waals surface area contributed by atoms with E-state index in [-0.39, 0.29) is 24.7 Å². The van der Waals surface area contributed by atoms with Crippen LogP contribution in [0.25, 0.3) is 0 Å². The summed E-state index contributed by atoms with van der Waals surface area (Å²) in [7, 11) is 1.57. The summed E-state index contributed by atoms with van der Waals surface area (Å²) in [6, 6.07) is 10.4. The van der Waals surface area contributed by atoms with Crippen molar-refractivity contribution in [1.29, 1.82) is 0 Å². The largest absolute Gasteiger partial charge is 0.497 e. The van der Waals surface area contributed by atoms with E-state index in [1.807, 2.05) is 11.8 Å². The van der Waals surface area contributed by atoms with Gasteiger partial charge < -0.3 is 14.4 Å². The van der Waals surface area contributed by atoms with E-state index in [0.29, 0.717) is 28.6 Å². The minimum absolute atomic E-state index is 0.0529. The SMILES string of the molecule is CCN1CC(=O)Oc2ccc(C(=O)Cc3ccc(OC)cc3Cl)cc21. The normalized spacial score (nSPS) is 13.2. The highest BCUT2D eigenvalue weighted by molar-refractivity contribution is 6.31. The van der Waals surface area contributed by atoms with Crippen LogP contribution >= 0.6 is 11.6 Å². The third-order valence-corrected chi connectivity index (χ3v) is 4.51. The molecule has 0 amide bonds. The van der Waals surface area contributed by atoms with Gasteiger partial charge in [-0.1, -0.05) is 17.7 Å². The first kappa shape index (κ1) is 17.3. The molecular formula is C19H18ClNO4. The summed E-state index contributed by atoms with van der Waals surface area (Å²) in [5.41, 5.74) is 2.06. The number of benzene rings is 2. The quantitative estimate of drug-likeness (QED) is 0.464. The van der Waals surface area contributed by atoms with Gasteiger partial charge in [-0.25, -0.2) is 4.79 Å². The Balaban J connectivity index is 1.85. The van der Waals surface area contributed by atoms with Crippen LogP contribution in [0.4, 0.5) is 5.69 Å². The van der Waals surface area contributed by atoms with Crippen molar-refractivity contribution >= 4 is 29.0 Å². The molecule has 1 aliphatic heterocycles. The number of esters is 1. The second-order valence-electron chi connectivity index (χ2n) is 5.73. The number of halogens is 1. The van der Waals surface area contributed by atoms with E-state index in [9.17, 15) is 9.59 Å². The highest BCUT2D eigenvalue weighted by atomic mass is 35.5. The lowest BCUT2D eigenvalue weighted by molar-refractivity contribution is -0.133. The van der Waals surface area contributed by atoms with Gasteiger partial charge in [0.15, 0.2) is 11.5 Å². The molecule has 1 heterocycles. The molecule has 0 saturated carbocycles. The van der Waals surface area contributed by atoms with Crippen LogP contribution in [0.2, 0.25) is 5.02 Å². The van der Waals surface area contributed by atoms with Crippen molar-refractivity contribution in [1.82, 2.24) is 0 Å². The third-order valence-electron chi connectivity index (χ3n) is 4.16. The second kappa shape index (κ2) is 7.15. The summed E-state index contributed by atoms with van der Waals surface area (Å²) in [6.07, 6.45) is 0.188. The number of hydrogen-bond donors (Lipinski definition) is 0. The van der Waals surface area contributed by atoms with Gasteiger partial charge in [0.2, 0.25) is 0 Å². The molecule has 0 N–H and O–H groups in total. The number of likely N-dealkylation sites (N-methyl/N-ethyl adjacent to an activating group) is 1. The number of methoxy groups -OCH3 is 1. The Kier molecular flexibility index (Phi) is 4.95. The zero-order valence-electron chi connectivity index (χ0n) is 14.0. The molecule has 2 aromatic carbocycles. The predicted octanol–water partition coefficient (Wildman–Crippen LogP) is 3.52. The molecular weight excluding hydrogens is 342 g/mol. The number of ether oxygens (including phenoxy) is 2. The maximum Gasteiger partial charge on any atom is 0.331 e. The molecule has 130 valence electrons. The van der Waals surface area contributed by atoms with Gasteiger partial charge in [0.05, 0.1) is 12.8 Å². The Bertz CT molecular complexity index is 834. The van der Waals surface area contributed by atoms with E-state index in [1.165, 1.54) is 0 Å². The lowest BCUT2D eigenvalue weighted by Crippen LogP contribution is -2.36. The van der Waals surface area contributed by atoms with Crippen molar-refractivity contribution in [2.75, 3.05) is 25.1 Å². The molecule has 0 radical (unpaired) electrons. The summed E-state index contributed by atoms with van der Waals surface area (Å²) in [6.45, 7) is 2.80. The standard InChI is InChI=1S/C19H18ClNO4/c1-3-21-11-19(23)25-18-7-5-13(8-16(18)21)17(22)9-12-4-6-14(24-2)10-15(12)20/h4-8,10H,3,9,11H2,1-2H3. The minimum Gasteiger partial charge on any atom is -0.497 e. The molecule has 0 spiro atoms. The van der Waals surface area contributed by atoms with Gasteiger partial charge >= 0.3 is 5.97 Å². The van der Waals surface area contributed by atoms with Crippen LogP contribution in [-0.2, 0) is 11.2 Å². The monoisotopic (exact) mass is 359 g/mol. The Morgan fingerprint density at radius 2 is 2.08 bits per heavy atom. The minimum atomic E-state index is -0.293. The number of anilines is 1. The van der Waals surface area contributed by atoms with Gasteiger partial charge in [0.1, 0.15) is 12.3 Å². The number of fused-ring (bicyclic) bond motifs is 1. The average Bonchev–Trinajstić information content (AvgIpc) is 2.62. The van der Waals surface area contributed by atoms with E-state index in [4.69, 9.17) is 21.1 Å². The number of carbonyl (C=O) groups excluding carboxylic acids is 2. The second-order valence-corrected chi connectivity index (χ2v) is 6.14. The highest BCUT2D eigenvalue weighted by Crippen LogP contribution is 2.33. The molecule has 0 bridgehead atoms. The topological polar surface area (TPSA) is 55.8 Å². The fraction of sp³-hybridized carbons (Fsp3) is 0.263. The van der Waals surface area contributed by atoms with Gasteiger partial charge in [-0.15, -0.1) is 0 Å². The number of ketones is 1. The number of rotatable bonds is 5. The van der Waals surface area contributed by atoms with Crippen LogP contribution in [0, 0.1) is 0 Å². The van der Waals surface area contributed by atoms with E-state index in [1.54, 1.807) is 43.5 Å². The van der Waals surface area contributed by atoms with E-state index < -0.39 is 0 Å². The van der Waals surface area contributed by atoms with Crippen LogP contribution in [0.1, 0.15) is 22.8 Å². The third kappa shape index (κ3) is 3.61. The molecule has 6 heteroatoms. The highest BCUT2D eigenvalue weighted by Gasteiger charge is 2.24. The van der Waals surface area contributed by atoms with E-state index >= 15 is 0 Å². The molecule has 5 nitrogen and oxygen atoms in total. The van der Waals surface area contributed by atoms with Crippen LogP contribution < -0.4 is 14.4 Å². The smallest absolute Gasteiger partial charge is 0.331 e. The molecule has 2 aromatic rings. The number of Topliss-reactive ketones (excluding diaryl/α,β-unsaturated/α-hetero) is 1. The molecule has 25 heavy (non-hydrogen) atoms. The number of nitrogens with zero attached hydrogens (tertiary/aromatic N) is 1. The van der Waals surface area contributed by atoms with Crippen molar-refractivity contribution in [3.05, 3.63) is 52.5 Å².